The summed E-state index contributed by atoms with van der Waals surface area (Å²) in [6.07, 6.45) is 1.58. The van der Waals surface area contributed by atoms with Crippen molar-refractivity contribution in [3.8, 4) is 0 Å². The number of hydrogen-bond acceptors (Lipinski definition) is 5. The molecule has 2 aromatic rings. The van der Waals surface area contributed by atoms with E-state index < -0.39 is 17.2 Å². The van der Waals surface area contributed by atoms with Gasteiger partial charge < -0.3 is 15.1 Å². The monoisotopic (exact) mass is 454 g/mol. The minimum atomic E-state index is -0.682. The summed E-state index contributed by atoms with van der Waals surface area (Å²) >= 11 is 3.39. The van der Waals surface area contributed by atoms with Crippen molar-refractivity contribution in [2.75, 3.05) is 17.2 Å². The molecule has 154 valence electrons. The zero-order valence-electron chi connectivity index (χ0n) is 16.9. The highest BCUT2D eigenvalue weighted by Crippen LogP contribution is 2.30. The maximum absolute atomic E-state index is 13.4. The number of carbonyl (C=O) groups excluding carboxylic acids is 1. The fourth-order valence-electron chi connectivity index (χ4n) is 3.05. The first-order chi connectivity index (χ1) is 13.1. The molecule has 2 heterocycles. The molecule has 2 rings (SSSR count). The van der Waals surface area contributed by atoms with Gasteiger partial charge in [-0.05, 0) is 42.1 Å². The molecule has 9 heteroatoms. The molecule has 0 aromatic carbocycles. The third-order valence-electron chi connectivity index (χ3n) is 4.41. The summed E-state index contributed by atoms with van der Waals surface area (Å²) in [7, 11) is 0. The normalized spacial score (nSPS) is 11.2. The van der Waals surface area contributed by atoms with Crippen molar-refractivity contribution in [2.24, 2.45) is 5.92 Å². The number of halogens is 1. The SMILES string of the molecule is CCCCn1c(N)c(N(CC(C)C)C(=O)c2c(C)oc(C)c2Br)c(=O)[nH]c1=O. The number of aromatic nitrogens is 2. The molecule has 0 spiro atoms. The maximum Gasteiger partial charge on any atom is 0.330 e. The Kier molecular flexibility index (Phi) is 6.92. The Bertz CT molecular complexity index is 987. The topological polar surface area (TPSA) is 114 Å². The molecular formula is C19H27BrN4O4. The van der Waals surface area contributed by atoms with Crippen LogP contribution in [0, 0.1) is 19.8 Å². The summed E-state index contributed by atoms with van der Waals surface area (Å²) < 4.78 is 7.40. The van der Waals surface area contributed by atoms with Crippen molar-refractivity contribution in [3.63, 3.8) is 0 Å². The lowest BCUT2D eigenvalue weighted by Gasteiger charge is -2.26. The molecule has 3 N–H and O–H groups in total. The zero-order chi connectivity index (χ0) is 21.2. The number of rotatable bonds is 7. The van der Waals surface area contributed by atoms with E-state index in [0.717, 1.165) is 12.8 Å². The Morgan fingerprint density at radius 3 is 2.43 bits per heavy atom. The predicted molar refractivity (Wildman–Crippen MR) is 113 cm³/mol. The van der Waals surface area contributed by atoms with E-state index in [2.05, 4.69) is 20.9 Å². The number of H-pyrrole nitrogens is 1. The van der Waals surface area contributed by atoms with E-state index in [0.29, 0.717) is 28.1 Å². The van der Waals surface area contributed by atoms with Crippen molar-refractivity contribution in [2.45, 2.75) is 54.0 Å². The van der Waals surface area contributed by atoms with E-state index in [-0.39, 0.29) is 24.0 Å². The summed E-state index contributed by atoms with van der Waals surface area (Å²) in [5, 5.41) is 0. The standard InChI is InChI=1S/C19H27BrN4O4/c1-6-7-8-23-16(21)15(17(25)22-19(23)27)24(9-10(2)3)18(26)13-11(4)28-12(5)14(13)20/h10H,6-9,21H2,1-5H3,(H,22,25,27). The molecule has 0 aliphatic carbocycles. The Morgan fingerprint density at radius 2 is 1.93 bits per heavy atom. The van der Waals surface area contributed by atoms with Crippen LogP contribution in [0.3, 0.4) is 0 Å². The van der Waals surface area contributed by atoms with Crippen LogP contribution in [0.5, 0.6) is 0 Å². The van der Waals surface area contributed by atoms with E-state index in [1.165, 1.54) is 9.47 Å². The Hall–Kier alpha value is -2.29. The second-order valence-corrected chi connectivity index (χ2v) is 8.00. The molecule has 0 bridgehead atoms. The number of hydrogen-bond donors (Lipinski definition) is 2. The average Bonchev–Trinajstić information content (AvgIpc) is 2.85. The molecule has 0 saturated heterocycles. The Balaban J connectivity index is 2.68. The summed E-state index contributed by atoms with van der Waals surface area (Å²) in [6.45, 7) is 9.90. The number of nitrogens with one attached hydrogen (secondary N) is 1. The highest BCUT2D eigenvalue weighted by atomic mass is 79.9. The third-order valence-corrected chi connectivity index (χ3v) is 5.37. The number of nitrogens with two attached hydrogens (primary N) is 1. The van der Waals surface area contributed by atoms with Crippen molar-refractivity contribution < 1.29 is 9.21 Å². The van der Waals surface area contributed by atoms with Crippen LogP contribution >= 0.6 is 15.9 Å². The van der Waals surface area contributed by atoms with Gasteiger partial charge in [0, 0.05) is 13.1 Å². The number of nitrogen functional groups attached to an aromatic ring is 1. The molecule has 1 amide bonds. The van der Waals surface area contributed by atoms with Crippen LogP contribution in [0.25, 0.3) is 0 Å². The van der Waals surface area contributed by atoms with Gasteiger partial charge in [0.05, 0.1) is 10.0 Å². The molecule has 0 aliphatic rings. The van der Waals surface area contributed by atoms with Gasteiger partial charge in [-0.15, -0.1) is 0 Å². The minimum Gasteiger partial charge on any atom is -0.465 e. The van der Waals surface area contributed by atoms with Crippen molar-refractivity contribution in [1.82, 2.24) is 9.55 Å². The summed E-state index contributed by atoms with van der Waals surface area (Å²) in [6, 6.07) is 0. The molecule has 0 atom stereocenters. The number of furan rings is 1. The fourth-order valence-corrected chi connectivity index (χ4v) is 3.58. The van der Waals surface area contributed by atoms with Crippen molar-refractivity contribution in [1.29, 1.82) is 0 Å². The van der Waals surface area contributed by atoms with Crippen molar-refractivity contribution >= 4 is 33.3 Å². The van der Waals surface area contributed by atoms with Crippen LogP contribution in [0.1, 0.15) is 55.5 Å². The summed E-state index contributed by atoms with van der Waals surface area (Å²) in [4.78, 5) is 41.9. The van der Waals surface area contributed by atoms with Gasteiger partial charge in [0.15, 0.2) is 5.69 Å². The molecular weight excluding hydrogens is 428 g/mol. The van der Waals surface area contributed by atoms with E-state index in [1.807, 2.05) is 20.8 Å². The van der Waals surface area contributed by atoms with Crippen LogP contribution < -0.4 is 21.9 Å². The Labute approximate surface area is 171 Å². The lowest BCUT2D eigenvalue weighted by Crippen LogP contribution is -2.43. The van der Waals surface area contributed by atoms with E-state index in [9.17, 15) is 14.4 Å². The van der Waals surface area contributed by atoms with Gasteiger partial charge in [-0.1, -0.05) is 27.2 Å². The van der Waals surface area contributed by atoms with Gasteiger partial charge in [-0.25, -0.2) is 4.79 Å². The predicted octanol–water partition coefficient (Wildman–Crippen LogP) is 3.19. The molecule has 0 radical (unpaired) electrons. The number of carbonyl (C=O) groups is 1. The van der Waals surface area contributed by atoms with Gasteiger partial charge in [-0.2, -0.15) is 0 Å². The highest BCUT2D eigenvalue weighted by molar-refractivity contribution is 9.10. The quantitative estimate of drug-likeness (QED) is 0.666. The summed E-state index contributed by atoms with van der Waals surface area (Å²) in [5.41, 5.74) is 5.28. The number of aryl methyl sites for hydroxylation is 2. The minimum absolute atomic E-state index is 0.00908. The second-order valence-electron chi connectivity index (χ2n) is 7.21. The number of amides is 1. The van der Waals surface area contributed by atoms with Crippen LogP contribution in [0.2, 0.25) is 0 Å². The first kappa shape index (κ1) is 22.0. The largest absolute Gasteiger partial charge is 0.465 e. The number of anilines is 2. The number of aromatic amines is 1. The van der Waals surface area contributed by atoms with Gasteiger partial charge in [0.1, 0.15) is 17.3 Å². The highest BCUT2D eigenvalue weighted by Gasteiger charge is 2.30. The van der Waals surface area contributed by atoms with Crippen LogP contribution in [0.4, 0.5) is 11.5 Å². The number of nitrogens with zero attached hydrogens (tertiary/aromatic N) is 2. The lowest BCUT2D eigenvalue weighted by molar-refractivity contribution is 0.0981. The molecule has 28 heavy (non-hydrogen) atoms. The molecule has 0 saturated carbocycles. The summed E-state index contributed by atoms with van der Waals surface area (Å²) in [5.74, 6) is 0.654. The molecule has 2 aromatic heterocycles. The van der Waals surface area contributed by atoms with Crippen LogP contribution in [-0.4, -0.2) is 22.0 Å². The second kappa shape index (κ2) is 8.81. The van der Waals surface area contributed by atoms with Gasteiger partial charge in [-0.3, -0.25) is 19.1 Å². The average molecular weight is 455 g/mol. The van der Waals surface area contributed by atoms with Gasteiger partial charge in [0.2, 0.25) is 0 Å². The van der Waals surface area contributed by atoms with Crippen LogP contribution in [-0.2, 0) is 6.54 Å². The smallest absolute Gasteiger partial charge is 0.330 e. The third kappa shape index (κ3) is 4.24. The van der Waals surface area contributed by atoms with Gasteiger partial charge >= 0.3 is 5.69 Å². The fraction of sp³-hybridized carbons (Fsp3) is 0.526. The maximum atomic E-state index is 13.4. The van der Waals surface area contributed by atoms with E-state index in [1.54, 1.807) is 13.8 Å². The molecule has 0 fully saturated rings. The first-order valence-corrected chi connectivity index (χ1v) is 10.1. The van der Waals surface area contributed by atoms with Crippen molar-refractivity contribution in [3.05, 3.63) is 42.4 Å². The molecule has 0 unspecified atom stereocenters. The Morgan fingerprint density at radius 1 is 1.29 bits per heavy atom. The first-order valence-electron chi connectivity index (χ1n) is 9.30. The zero-order valence-corrected chi connectivity index (χ0v) is 18.5. The van der Waals surface area contributed by atoms with E-state index >= 15 is 0 Å². The van der Waals surface area contributed by atoms with Gasteiger partial charge in [0.25, 0.3) is 11.5 Å². The van der Waals surface area contributed by atoms with Crippen LogP contribution in [0.15, 0.2) is 18.5 Å². The number of unbranched alkanes of at least 4 members (excludes halogenated alkanes) is 1. The van der Waals surface area contributed by atoms with E-state index in [4.69, 9.17) is 10.2 Å². The molecule has 0 aliphatic heterocycles. The molecule has 8 nitrogen and oxygen atoms in total. The lowest BCUT2D eigenvalue weighted by atomic mass is 10.1.